The molecule has 0 aromatic rings. The lowest BCUT2D eigenvalue weighted by atomic mass is 9.46. The standard InChI is InChI=1S/C30H47N3O5/c1-19(32-38-28(37)33(16-17-34)15-11-26-27(36)10-14-31-26)23-6-7-24-22-5-4-20-18-21(35)8-12-29(20,2)25(22)9-13-30(23,24)3/h18,22-27,31,34,36H,4-17H2,1-3H3/b32-19+/t22-,23+,24-,25-,26?,27?,29-,30+/m0/s1. The number of ketones is 1. The molecule has 1 heterocycles. The van der Waals surface area contributed by atoms with Crippen LogP contribution in [0.5, 0.6) is 0 Å². The van der Waals surface area contributed by atoms with Crippen LogP contribution in [-0.2, 0) is 9.63 Å². The quantitative estimate of drug-likeness (QED) is 0.261. The Hall–Kier alpha value is -1.77. The molecule has 0 aromatic carbocycles. The number of aliphatic hydroxyl groups is 2. The Bertz CT molecular complexity index is 981. The van der Waals surface area contributed by atoms with Crippen molar-refractivity contribution in [3.05, 3.63) is 11.6 Å². The zero-order chi connectivity index (χ0) is 27.1. The summed E-state index contributed by atoms with van der Waals surface area (Å²) < 4.78 is 0. The van der Waals surface area contributed by atoms with Crippen LogP contribution in [0.25, 0.3) is 0 Å². The van der Waals surface area contributed by atoms with Crippen LogP contribution in [0.3, 0.4) is 0 Å². The van der Waals surface area contributed by atoms with Crippen molar-refractivity contribution < 1.29 is 24.6 Å². The molecular formula is C30H47N3O5. The first kappa shape index (κ1) is 27.8. The van der Waals surface area contributed by atoms with Crippen molar-refractivity contribution in [3.8, 4) is 0 Å². The van der Waals surface area contributed by atoms with Crippen LogP contribution < -0.4 is 5.32 Å². The third kappa shape index (κ3) is 4.97. The lowest BCUT2D eigenvalue weighted by Gasteiger charge is -2.58. The molecule has 1 amide bonds. The molecule has 2 unspecified atom stereocenters. The van der Waals surface area contributed by atoms with E-state index in [2.05, 4.69) is 24.3 Å². The van der Waals surface area contributed by atoms with E-state index in [0.717, 1.165) is 44.4 Å². The minimum atomic E-state index is -0.541. The summed E-state index contributed by atoms with van der Waals surface area (Å²) in [4.78, 5) is 31.9. The van der Waals surface area contributed by atoms with E-state index in [1.807, 2.05) is 13.0 Å². The smallest absolute Gasteiger partial charge is 0.395 e. The van der Waals surface area contributed by atoms with Gasteiger partial charge in [0.1, 0.15) is 0 Å². The van der Waals surface area contributed by atoms with Gasteiger partial charge in [-0.05, 0) is 106 Å². The molecule has 38 heavy (non-hydrogen) atoms. The second kappa shape index (κ2) is 11.0. The maximum absolute atomic E-state index is 12.9. The minimum absolute atomic E-state index is 0.0394. The molecule has 5 aliphatic rings. The van der Waals surface area contributed by atoms with Gasteiger partial charge in [-0.15, -0.1) is 0 Å². The molecule has 0 bridgehead atoms. The molecule has 0 radical (unpaired) electrons. The molecule has 8 nitrogen and oxygen atoms in total. The summed E-state index contributed by atoms with van der Waals surface area (Å²) in [5.41, 5.74) is 2.63. The molecule has 0 aromatic heterocycles. The van der Waals surface area contributed by atoms with E-state index in [4.69, 9.17) is 4.84 Å². The van der Waals surface area contributed by atoms with Crippen molar-refractivity contribution in [3.63, 3.8) is 0 Å². The molecule has 8 heteroatoms. The normalized spacial score (nSPS) is 40.7. The Morgan fingerprint density at radius 1 is 1.13 bits per heavy atom. The molecule has 4 fully saturated rings. The van der Waals surface area contributed by atoms with E-state index in [9.17, 15) is 19.8 Å². The third-order valence-corrected chi connectivity index (χ3v) is 11.4. The highest BCUT2D eigenvalue weighted by molar-refractivity contribution is 5.91. The predicted octanol–water partition coefficient (Wildman–Crippen LogP) is 4.05. The van der Waals surface area contributed by atoms with Gasteiger partial charge < -0.3 is 20.4 Å². The van der Waals surface area contributed by atoms with Crippen molar-refractivity contribution in [2.75, 3.05) is 26.2 Å². The molecule has 0 spiro atoms. The number of carbonyl (C=O) groups is 2. The molecular weight excluding hydrogens is 482 g/mol. The molecule has 3 N–H and O–H groups in total. The Labute approximate surface area is 227 Å². The van der Waals surface area contributed by atoms with Crippen LogP contribution in [-0.4, -0.2) is 71.1 Å². The molecule has 3 saturated carbocycles. The molecule has 1 saturated heterocycles. The Morgan fingerprint density at radius 3 is 2.68 bits per heavy atom. The van der Waals surface area contributed by atoms with Gasteiger partial charge in [0.2, 0.25) is 0 Å². The molecule has 4 aliphatic carbocycles. The number of rotatable bonds is 7. The van der Waals surface area contributed by atoms with Gasteiger partial charge in [0.15, 0.2) is 5.78 Å². The summed E-state index contributed by atoms with van der Waals surface area (Å²) in [5, 5.41) is 27.2. The second-order valence-electron chi connectivity index (χ2n) is 13.1. The van der Waals surface area contributed by atoms with Crippen LogP contribution in [0.4, 0.5) is 4.79 Å². The van der Waals surface area contributed by atoms with Gasteiger partial charge in [-0.3, -0.25) is 9.63 Å². The highest BCUT2D eigenvalue weighted by Gasteiger charge is 2.59. The lowest BCUT2D eigenvalue weighted by molar-refractivity contribution is -0.117. The maximum atomic E-state index is 12.9. The second-order valence-corrected chi connectivity index (χ2v) is 13.1. The number of hydrogen-bond donors (Lipinski definition) is 3. The minimum Gasteiger partial charge on any atom is -0.395 e. The van der Waals surface area contributed by atoms with Crippen molar-refractivity contribution in [2.45, 2.75) is 97.1 Å². The number of fused-ring (bicyclic) bond motifs is 5. The first-order chi connectivity index (χ1) is 18.2. The summed E-state index contributed by atoms with van der Waals surface area (Å²) in [7, 11) is 0. The fourth-order valence-corrected chi connectivity index (χ4v) is 9.24. The third-order valence-electron chi connectivity index (χ3n) is 11.4. The Balaban J connectivity index is 1.23. The zero-order valence-corrected chi connectivity index (χ0v) is 23.5. The van der Waals surface area contributed by atoms with Gasteiger partial charge >= 0.3 is 6.09 Å². The SMILES string of the molecule is C/C(=N\OC(=O)N(CCO)CCC1NCCC1O)[C@H]1CC[C@H]2[C@@H]3CCC4=CC(=O)CC[C@]4(C)[C@H]3CC[C@]12C. The summed E-state index contributed by atoms with van der Waals surface area (Å²) in [6.07, 6.45) is 10.9. The zero-order valence-electron chi connectivity index (χ0n) is 23.5. The van der Waals surface area contributed by atoms with Crippen LogP contribution >= 0.6 is 0 Å². The number of aliphatic hydroxyl groups excluding tert-OH is 2. The molecule has 1 aliphatic heterocycles. The van der Waals surface area contributed by atoms with Crippen LogP contribution in [0.1, 0.15) is 85.0 Å². The highest BCUT2D eigenvalue weighted by Crippen LogP contribution is 2.66. The van der Waals surface area contributed by atoms with Gasteiger partial charge in [0, 0.05) is 31.5 Å². The number of nitrogens with zero attached hydrogens (tertiary/aromatic N) is 2. The van der Waals surface area contributed by atoms with E-state index in [1.54, 1.807) is 0 Å². The molecule has 5 rings (SSSR count). The van der Waals surface area contributed by atoms with Gasteiger partial charge in [-0.2, -0.15) is 0 Å². The summed E-state index contributed by atoms with van der Waals surface area (Å²) in [5.74, 6) is 2.58. The highest BCUT2D eigenvalue weighted by atomic mass is 16.7. The largest absolute Gasteiger partial charge is 0.436 e. The summed E-state index contributed by atoms with van der Waals surface area (Å²) >= 11 is 0. The van der Waals surface area contributed by atoms with Crippen LogP contribution in [0.2, 0.25) is 0 Å². The number of allylic oxidation sites excluding steroid dienone is 1. The summed E-state index contributed by atoms with van der Waals surface area (Å²) in [6.45, 7) is 8.07. The summed E-state index contributed by atoms with van der Waals surface area (Å²) in [6, 6.07) is -0.0394. The fourth-order valence-electron chi connectivity index (χ4n) is 9.24. The van der Waals surface area contributed by atoms with E-state index in [1.165, 1.54) is 29.7 Å². The molecule has 212 valence electrons. The number of nitrogens with one attached hydrogen (secondary N) is 1. The first-order valence-electron chi connectivity index (χ1n) is 14.9. The van der Waals surface area contributed by atoms with Gasteiger partial charge in [-0.1, -0.05) is 24.6 Å². The number of hydrogen-bond acceptors (Lipinski definition) is 7. The lowest BCUT2D eigenvalue weighted by Crippen LogP contribution is -2.51. The van der Waals surface area contributed by atoms with E-state index in [-0.39, 0.29) is 30.0 Å². The van der Waals surface area contributed by atoms with E-state index >= 15 is 0 Å². The number of amides is 1. The van der Waals surface area contributed by atoms with Gasteiger partial charge in [0.25, 0.3) is 0 Å². The van der Waals surface area contributed by atoms with Crippen molar-refractivity contribution in [1.29, 1.82) is 0 Å². The Morgan fingerprint density at radius 2 is 1.95 bits per heavy atom. The van der Waals surface area contributed by atoms with Crippen LogP contribution in [0.15, 0.2) is 16.8 Å². The Kier molecular flexibility index (Phi) is 8.05. The van der Waals surface area contributed by atoms with Crippen LogP contribution in [0, 0.1) is 34.5 Å². The topological polar surface area (TPSA) is 111 Å². The van der Waals surface area contributed by atoms with Gasteiger partial charge in [-0.25, -0.2) is 4.79 Å². The van der Waals surface area contributed by atoms with E-state index in [0.29, 0.717) is 48.8 Å². The van der Waals surface area contributed by atoms with Crippen molar-refractivity contribution >= 4 is 17.6 Å². The number of carbonyl (C=O) groups excluding carboxylic acids is 2. The monoisotopic (exact) mass is 529 g/mol. The molecule has 8 atom stereocenters. The van der Waals surface area contributed by atoms with Crippen molar-refractivity contribution in [1.82, 2.24) is 10.2 Å². The predicted molar refractivity (Wildman–Crippen MR) is 145 cm³/mol. The van der Waals surface area contributed by atoms with Gasteiger partial charge in [0.05, 0.1) is 18.4 Å². The fraction of sp³-hybridized carbons (Fsp3) is 0.833. The number of oxime groups is 1. The average Bonchev–Trinajstić information content (AvgIpc) is 3.47. The average molecular weight is 530 g/mol. The first-order valence-corrected chi connectivity index (χ1v) is 14.9. The van der Waals surface area contributed by atoms with E-state index < -0.39 is 12.2 Å². The van der Waals surface area contributed by atoms with Crippen molar-refractivity contribution in [2.24, 2.45) is 39.7 Å². The maximum Gasteiger partial charge on any atom is 0.436 e.